The van der Waals surface area contributed by atoms with E-state index in [1.807, 2.05) is 55.6 Å². The van der Waals surface area contributed by atoms with Gasteiger partial charge in [-0.15, -0.1) is 0 Å². The zero-order valence-electron chi connectivity index (χ0n) is 23.5. The summed E-state index contributed by atoms with van der Waals surface area (Å²) in [6.45, 7) is 3.59. The number of carbonyl (C=O) groups is 1. The lowest BCUT2D eigenvalue weighted by molar-refractivity contribution is -0.00224. The number of benzene rings is 2. The summed E-state index contributed by atoms with van der Waals surface area (Å²) >= 11 is 0. The third-order valence-corrected chi connectivity index (χ3v) is 9.48. The van der Waals surface area contributed by atoms with Gasteiger partial charge in [-0.1, -0.05) is 79.6 Å². The molecule has 6 rings (SSSR count). The standard InChI is InChI=1S/C33H41N5O2/c1-34-28-16-19-38(30(22-28)26-12-6-3-7-13-26)32(40)36-20-21-37(33(24-36)17-8-9-18-33)23-27-14-15-29(35-31(27)39)25-10-4-2-5-11-25/h2-7,10-15,28,30,34H,8-9,16-24H2,1H3,(H,35,39)/t28-,30+/m1/s1. The molecular formula is C33H41N5O2. The second-order valence-electron chi connectivity index (χ2n) is 11.8. The molecular weight excluding hydrogens is 498 g/mol. The summed E-state index contributed by atoms with van der Waals surface area (Å²) < 4.78 is 0. The molecule has 7 nitrogen and oxygen atoms in total. The van der Waals surface area contributed by atoms with Crippen molar-refractivity contribution >= 4 is 6.03 Å². The van der Waals surface area contributed by atoms with E-state index in [0.717, 1.165) is 62.1 Å². The van der Waals surface area contributed by atoms with Crippen molar-refractivity contribution in [2.45, 2.75) is 62.7 Å². The molecule has 3 heterocycles. The fourth-order valence-corrected chi connectivity index (χ4v) is 7.18. The highest BCUT2D eigenvalue weighted by molar-refractivity contribution is 5.75. The number of rotatable bonds is 5. The Bertz CT molecular complexity index is 1350. The molecule has 2 atom stereocenters. The quantitative estimate of drug-likeness (QED) is 0.478. The van der Waals surface area contributed by atoms with E-state index < -0.39 is 0 Å². The summed E-state index contributed by atoms with van der Waals surface area (Å²) in [4.78, 5) is 37.1. The maximum absolute atomic E-state index is 14.1. The number of amides is 2. The Morgan fingerprint density at radius 2 is 1.68 bits per heavy atom. The van der Waals surface area contributed by atoms with E-state index in [1.54, 1.807) is 0 Å². The molecule has 3 aliphatic rings. The first-order valence-corrected chi connectivity index (χ1v) is 14.9. The second-order valence-corrected chi connectivity index (χ2v) is 11.8. The number of hydrogen-bond donors (Lipinski definition) is 2. The molecule has 7 heteroatoms. The van der Waals surface area contributed by atoms with E-state index in [0.29, 0.717) is 19.1 Å². The molecule has 2 amide bonds. The van der Waals surface area contributed by atoms with Crippen LogP contribution in [-0.2, 0) is 6.54 Å². The number of pyridine rings is 1. The van der Waals surface area contributed by atoms with Crippen LogP contribution in [0.3, 0.4) is 0 Å². The van der Waals surface area contributed by atoms with Gasteiger partial charge in [-0.3, -0.25) is 9.69 Å². The van der Waals surface area contributed by atoms with Gasteiger partial charge in [0.25, 0.3) is 5.56 Å². The maximum atomic E-state index is 14.1. The van der Waals surface area contributed by atoms with Crippen molar-refractivity contribution in [3.05, 3.63) is 94.3 Å². The highest BCUT2D eigenvalue weighted by Crippen LogP contribution is 2.40. The Morgan fingerprint density at radius 3 is 2.38 bits per heavy atom. The molecule has 0 unspecified atom stereocenters. The average Bonchev–Trinajstić information content (AvgIpc) is 3.48. The fourth-order valence-electron chi connectivity index (χ4n) is 7.18. The molecule has 2 aromatic carbocycles. The van der Waals surface area contributed by atoms with Crippen LogP contribution in [0.25, 0.3) is 11.3 Å². The lowest BCUT2D eigenvalue weighted by Crippen LogP contribution is -2.64. The first-order valence-electron chi connectivity index (χ1n) is 14.9. The molecule has 1 aliphatic carbocycles. The summed E-state index contributed by atoms with van der Waals surface area (Å²) in [6, 6.07) is 25.1. The third kappa shape index (κ3) is 5.32. The summed E-state index contributed by atoms with van der Waals surface area (Å²) in [5, 5.41) is 3.44. The van der Waals surface area contributed by atoms with E-state index >= 15 is 0 Å². The Balaban J connectivity index is 1.19. The minimum absolute atomic E-state index is 0.0221. The van der Waals surface area contributed by atoms with Crippen LogP contribution in [-0.4, -0.2) is 70.5 Å². The first kappa shape index (κ1) is 26.8. The van der Waals surface area contributed by atoms with Gasteiger partial charge in [-0.05, 0) is 49.9 Å². The highest BCUT2D eigenvalue weighted by Gasteiger charge is 2.46. The molecule has 40 heavy (non-hydrogen) atoms. The van der Waals surface area contributed by atoms with Crippen molar-refractivity contribution in [2.24, 2.45) is 0 Å². The van der Waals surface area contributed by atoms with Crippen LogP contribution in [0.15, 0.2) is 77.6 Å². The summed E-state index contributed by atoms with van der Waals surface area (Å²) in [7, 11) is 2.02. The van der Waals surface area contributed by atoms with Gasteiger partial charge in [-0.25, -0.2) is 4.79 Å². The largest absolute Gasteiger partial charge is 0.322 e. The fraction of sp³-hybridized carbons (Fsp3) is 0.455. The van der Waals surface area contributed by atoms with Crippen molar-refractivity contribution in [3.63, 3.8) is 0 Å². The minimum Gasteiger partial charge on any atom is -0.322 e. The Hall–Kier alpha value is -3.42. The van der Waals surface area contributed by atoms with Crippen LogP contribution in [0, 0.1) is 0 Å². The molecule has 210 valence electrons. The van der Waals surface area contributed by atoms with E-state index in [4.69, 9.17) is 0 Å². The normalized spacial score (nSPS) is 23.0. The lowest BCUT2D eigenvalue weighted by Gasteiger charge is -2.51. The number of urea groups is 1. The molecule has 2 aliphatic heterocycles. The molecule has 3 aromatic rings. The number of hydrogen-bond acceptors (Lipinski definition) is 4. The van der Waals surface area contributed by atoms with Crippen molar-refractivity contribution < 1.29 is 4.79 Å². The van der Waals surface area contributed by atoms with E-state index in [1.165, 1.54) is 18.4 Å². The van der Waals surface area contributed by atoms with Gasteiger partial charge in [-0.2, -0.15) is 0 Å². The molecule has 2 saturated heterocycles. The van der Waals surface area contributed by atoms with Gasteiger partial charge < -0.3 is 20.1 Å². The van der Waals surface area contributed by atoms with Gasteiger partial charge in [0, 0.05) is 55.6 Å². The third-order valence-electron chi connectivity index (χ3n) is 9.48. The Labute approximate surface area is 237 Å². The van der Waals surface area contributed by atoms with E-state index in [2.05, 4.69) is 49.3 Å². The van der Waals surface area contributed by atoms with Gasteiger partial charge in [0.2, 0.25) is 0 Å². The van der Waals surface area contributed by atoms with Crippen molar-refractivity contribution in [1.29, 1.82) is 0 Å². The monoisotopic (exact) mass is 539 g/mol. The molecule has 0 bridgehead atoms. The van der Waals surface area contributed by atoms with Crippen molar-refractivity contribution in [3.8, 4) is 11.3 Å². The predicted molar refractivity (Wildman–Crippen MR) is 159 cm³/mol. The minimum atomic E-state index is -0.0655. The zero-order valence-corrected chi connectivity index (χ0v) is 23.5. The summed E-state index contributed by atoms with van der Waals surface area (Å²) in [6.07, 6.45) is 6.38. The Kier molecular flexibility index (Phi) is 7.76. The molecule has 1 saturated carbocycles. The molecule has 1 aromatic heterocycles. The van der Waals surface area contributed by atoms with Crippen LogP contribution in [0.4, 0.5) is 4.79 Å². The van der Waals surface area contributed by atoms with Crippen LogP contribution in [0.2, 0.25) is 0 Å². The van der Waals surface area contributed by atoms with Crippen LogP contribution < -0.4 is 10.9 Å². The molecule has 0 radical (unpaired) electrons. The number of H-pyrrole nitrogens is 1. The molecule has 2 N–H and O–H groups in total. The van der Waals surface area contributed by atoms with E-state index in [9.17, 15) is 9.59 Å². The number of carbonyl (C=O) groups excluding carboxylic acids is 1. The van der Waals surface area contributed by atoms with Crippen molar-refractivity contribution in [2.75, 3.05) is 33.2 Å². The van der Waals surface area contributed by atoms with Gasteiger partial charge in [0.05, 0.1) is 6.04 Å². The number of nitrogens with one attached hydrogen (secondary N) is 2. The van der Waals surface area contributed by atoms with E-state index in [-0.39, 0.29) is 23.2 Å². The number of piperidine rings is 1. The molecule has 1 spiro atoms. The lowest BCUT2D eigenvalue weighted by atomic mass is 9.90. The summed E-state index contributed by atoms with van der Waals surface area (Å²) in [5.41, 5.74) is 3.77. The number of likely N-dealkylation sites (tertiary alicyclic amines) is 1. The van der Waals surface area contributed by atoms with Gasteiger partial charge in [0.15, 0.2) is 0 Å². The second kappa shape index (κ2) is 11.6. The van der Waals surface area contributed by atoms with Gasteiger partial charge in [0.1, 0.15) is 0 Å². The molecule has 3 fully saturated rings. The SMILES string of the molecule is CN[C@@H]1CCN(C(=O)N2CCN(Cc3ccc(-c4ccccc4)[nH]c3=O)C3(CCCC3)C2)[C@H](c2ccccc2)C1. The van der Waals surface area contributed by atoms with Crippen LogP contribution in [0.1, 0.15) is 55.7 Å². The average molecular weight is 540 g/mol. The number of nitrogens with zero attached hydrogens (tertiary/aromatic N) is 3. The number of aromatic nitrogens is 1. The highest BCUT2D eigenvalue weighted by atomic mass is 16.2. The number of aromatic amines is 1. The van der Waals surface area contributed by atoms with Gasteiger partial charge >= 0.3 is 6.03 Å². The van der Waals surface area contributed by atoms with Crippen molar-refractivity contribution in [1.82, 2.24) is 25.0 Å². The maximum Gasteiger partial charge on any atom is 0.320 e. The van der Waals surface area contributed by atoms with Crippen LogP contribution >= 0.6 is 0 Å². The smallest absolute Gasteiger partial charge is 0.320 e. The summed E-state index contributed by atoms with van der Waals surface area (Å²) in [5.74, 6) is 0. The topological polar surface area (TPSA) is 71.7 Å². The Morgan fingerprint density at radius 1 is 0.950 bits per heavy atom. The van der Waals surface area contributed by atoms with Crippen LogP contribution in [0.5, 0.6) is 0 Å². The predicted octanol–water partition coefficient (Wildman–Crippen LogP) is 5.02. The zero-order chi connectivity index (χ0) is 27.5. The number of piperazine rings is 1. The first-order chi connectivity index (χ1) is 19.6.